The van der Waals surface area contributed by atoms with Crippen LogP contribution in [0.3, 0.4) is 0 Å². The molecule has 0 saturated heterocycles. The van der Waals surface area contributed by atoms with Crippen molar-refractivity contribution in [3.05, 3.63) is 35.0 Å². The van der Waals surface area contributed by atoms with E-state index in [1.54, 1.807) is 12.1 Å². The molecule has 0 unspecified atom stereocenters. The van der Waals surface area contributed by atoms with Crippen LogP contribution in [0.2, 0.25) is 5.02 Å². The molecule has 0 aliphatic heterocycles. The fraction of sp³-hybridized carbons (Fsp3) is 0. The molecule has 0 amide bonds. The largest absolute Gasteiger partial charge is 0.464 e. The van der Waals surface area contributed by atoms with Gasteiger partial charge in [-0.1, -0.05) is 17.7 Å². The third-order valence-electron chi connectivity index (χ3n) is 2.13. The van der Waals surface area contributed by atoms with E-state index in [1.807, 2.05) is 0 Å². The summed E-state index contributed by atoms with van der Waals surface area (Å²) in [5.41, 5.74) is 0.751. The molecule has 15 heavy (non-hydrogen) atoms. The quantitative estimate of drug-likeness (QED) is 0.756. The molecule has 1 N–H and O–H groups in total. The minimum Gasteiger partial charge on any atom is -0.464 e. The number of aromatic nitrogens is 1. The molecule has 0 bridgehead atoms. The maximum absolute atomic E-state index is 10.9. The van der Waals surface area contributed by atoms with E-state index in [9.17, 15) is 9.59 Å². The number of rotatable bonds is 1. The van der Waals surface area contributed by atoms with Crippen LogP contribution in [0.1, 0.15) is 10.4 Å². The van der Waals surface area contributed by atoms with E-state index in [4.69, 9.17) is 16.7 Å². The van der Waals surface area contributed by atoms with Crippen LogP contribution in [-0.4, -0.2) is 22.1 Å². The second-order valence-corrected chi connectivity index (χ2v) is 3.45. The molecule has 0 spiro atoms. The zero-order valence-electron chi connectivity index (χ0n) is 7.48. The first-order chi connectivity index (χ1) is 7.13. The highest BCUT2D eigenvalue weighted by Gasteiger charge is 2.12. The Bertz CT molecular complexity index is 559. The predicted molar refractivity (Wildman–Crippen MR) is 55.8 cm³/mol. The van der Waals surface area contributed by atoms with E-state index >= 15 is 0 Å². The van der Waals surface area contributed by atoms with E-state index in [0.717, 1.165) is 4.57 Å². The van der Waals surface area contributed by atoms with Crippen LogP contribution in [0.4, 0.5) is 4.79 Å². The van der Waals surface area contributed by atoms with E-state index in [2.05, 4.69) is 0 Å². The average Bonchev–Trinajstić information content (AvgIpc) is 2.55. The fourth-order valence-corrected chi connectivity index (χ4v) is 1.64. The second kappa shape index (κ2) is 3.40. The van der Waals surface area contributed by atoms with Crippen molar-refractivity contribution >= 4 is 34.9 Å². The maximum Gasteiger partial charge on any atom is 0.416 e. The van der Waals surface area contributed by atoms with Gasteiger partial charge >= 0.3 is 6.09 Å². The Balaban J connectivity index is 2.87. The summed E-state index contributed by atoms with van der Waals surface area (Å²) in [6.45, 7) is 0. The summed E-state index contributed by atoms with van der Waals surface area (Å²) in [6, 6.07) is 4.75. The summed E-state index contributed by atoms with van der Waals surface area (Å²) in [5, 5.41) is 9.90. The molecule has 0 atom stereocenters. The topological polar surface area (TPSA) is 59.3 Å². The fourth-order valence-electron chi connectivity index (χ4n) is 1.48. The van der Waals surface area contributed by atoms with Gasteiger partial charge in [0, 0.05) is 22.2 Å². The number of benzene rings is 1. The Morgan fingerprint density at radius 2 is 2.20 bits per heavy atom. The van der Waals surface area contributed by atoms with Gasteiger partial charge in [0.05, 0.1) is 5.52 Å². The van der Waals surface area contributed by atoms with E-state index in [-0.39, 0.29) is 0 Å². The van der Waals surface area contributed by atoms with Crippen LogP contribution in [0.25, 0.3) is 10.9 Å². The molecule has 2 aromatic rings. The Morgan fingerprint density at radius 1 is 1.47 bits per heavy atom. The normalized spacial score (nSPS) is 10.5. The van der Waals surface area contributed by atoms with Crippen molar-refractivity contribution in [3.63, 3.8) is 0 Å². The molecule has 0 saturated carbocycles. The van der Waals surface area contributed by atoms with E-state index < -0.39 is 6.09 Å². The first kappa shape index (κ1) is 9.73. The molecule has 0 radical (unpaired) electrons. The third-order valence-corrected chi connectivity index (χ3v) is 2.37. The molecule has 2 rings (SSSR count). The number of fused-ring (bicyclic) bond motifs is 1. The number of carbonyl (C=O) groups excluding carboxylic acids is 1. The highest BCUT2D eigenvalue weighted by atomic mass is 35.5. The van der Waals surface area contributed by atoms with Crippen molar-refractivity contribution < 1.29 is 14.7 Å². The minimum atomic E-state index is -1.14. The molecule has 5 heteroatoms. The van der Waals surface area contributed by atoms with Crippen LogP contribution >= 0.6 is 11.6 Å². The lowest BCUT2D eigenvalue weighted by Gasteiger charge is -1.97. The standard InChI is InChI=1S/C10H6ClNO3/c11-7-1-2-8-6(5-13)4-12(10(14)15)9(8)3-7/h1-5H,(H,14,15). The van der Waals surface area contributed by atoms with Crippen molar-refractivity contribution in [2.45, 2.75) is 0 Å². The van der Waals surface area contributed by atoms with Crippen molar-refractivity contribution in [2.75, 3.05) is 0 Å². The Morgan fingerprint density at radius 3 is 2.80 bits per heavy atom. The third kappa shape index (κ3) is 1.49. The van der Waals surface area contributed by atoms with Gasteiger partial charge in [0.1, 0.15) is 0 Å². The molecular weight excluding hydrogens is 218 g/mol. The summed E-state index contributed by atoms with van der Waals surface area (Å²) in [5.74, 6) is 0. The van der Waals surface area contributed by atoms with Gasteiger partial charge in [-0.05, 0) is 12.1 Å². The van der Waals surface area contributed by atoms with Gasteiger partial charge in [0.25, 0.3) is 0 Å². The number of hydrogen-bond acceptors (Lipinski definition) is 2. The van der Waals surface area contributed by atoms with Gasteiger partial charge in [-0.3, -0.25) is 9.36 Å². The van der Waals surface area contributed by atoms with Crippen LogP contribution in [-0.2, 0) is 0 Å². The summed E-state index contributed by atoms with van der Waals surface area (Å²) in [6.07, 6.45) is 0.752. The lowest BCUT2D eigenvalue weighted by Crippen LogP contribution is -2.05. The SMILES string of the molecule is O=Cc1cn(C(=O)O)c2cc(Cl)ccc12. The zero-order valence-corrected chi connectivity index (χ0v) is 8.23. The van der Waals surface area contributed by atoms with E-state index in [1.165, 1.54) is 12.3 Å². The van der Waals surface area contributed by atoms with Gasteiger partial charge in [-0.25, -0.2) is 4.79 Å². The molecule has 0 fully saturated rings. The van der Waals surface area contributed by atoms with Crippen LogP contribution < -0.4 is 0 Å². The van der Waals surface area contributed by atoms with E-state index in [0.29, 0.717) is 27.8 Å². The molecule has 4 nitrogen and oxygen atoms in total. The molecule has 76 valence electrons. The van der Waals surface area contributed by atoms with Crippen molar-refractivity contribution in [3.8, 4) is 0 Å². The lowest BCUT2D eigenvalue weighted by atomic mass is 10.2. The summed E-state index contributed by atoms with van der Waals surface area (Å²) >= 11 is 5.75. The van der Waals surface area contributed by atoms with Crippen LogP contribution in [0, 0.1) is 0 Å². The average molecular weight is 224 g/mol. The first-order valence-corrected chi connectivity index (χ1v) is 4.50. The van der Waals surface area contributed by atoms with Crippen molar-refractivity contribution in [2.24, 2.45) is 0 Å². The van der Waals surface area contributed by atoms with Crippen molar-refractivity contribution in [1.82, 2.24) is 4.57 Å². The first-order valence-electron chi connectivity index (χ1n) is 4.12. The molecule has 1 aromatic carbocycles. The second-order valence-electron chi connectivity index (χ2n) is 3.02. The number of carbonyl (C=O) groups is 2. The van der Waals surface area contributed by atoms with Crippen LogP contribution in [0.5, 0.6) is 0 Å². The Hall–Kier alpha value is -1.81. The summed E-state index contributed by atoms with van der Waals surface area (Å²) in [7, 11) is 0. The summed E-state index contributed by atoms with van der Waals surface area (Å²) < 4.78 is 0.977. The maximum atomic E-state index is 10.9. The summed E-state index contributed by atoms with van der Waals surface area (Å²) in [4.78, 5) is 21.6. The zero-order chi connectivity index (χ0) is 11.0. The monoisotopic (exact) mass is 223 g/mol. The molecule has 1 aromatic heterocycles. The Labute approximate surface area is 89.7 Å². The van der Waals surface area contributed by atoms with Gasteiger partial charge in [0.15, 0.2) is 6.29 Å². The molecule has 1 heterocycles. The van der Waals surface area contributed by atoms with Gasteiger partial charge in [-0.2, -0.15) is 0 Å². The smallest absolute Gasteiger partial charge is 0.416 e. The van der Waals surface area contributed by atoms with Crippen LogP contribution in [0.15, 0.2) is 24.4 Å². The molecular formula is C10H6ClNO3. The highest BCUT2D eigenvalue weighted by molar-refractivity contribution is 6.31. The minimum absolute atomic E-state index is 0.337. The number of nitrogens with zero attached hydrogens (tertiary/aromatic N) is 1. The number of halogens is 1. The molecule has 0 aliphatic rings. The lowest BCUT2D eigenvalue weighted by molar-refractivity contribution is 0.112. The van der Waals surface area contributed by atoms with Gasteiger partial charge < -0.3 is 5.11 Å². The number of carboxylic acid groups (broad SMARTS) is 1. The number of hydrogen-bond donors (Lipinski definition) is 1. The molecule has 0 aliphatic carbocycles. The van der Waals surface area contributed by atoms with Gasteiger partial charge in [-0.15, -0.1) is 0 Å². The predicted octanol–water partition coefficient (Wildman–Crippen LogP) is 2.63. The van der Waals surface area contributed by atoms with Crippen molar-refractivity contribution in [1.29, 1.82) is 0 Å². The highest BCUT2D eigenvalue weighted by Crippen LogP contribution is 2.23. The Kier molecular flexibility index (Phi) is 2.21. The number of aldehydes is 1. The van der Waals surface area contributed by atoms with Gasteiger partial charge in [0.2, 0.25) is 0 Å².